The Labute approximate surface area is 356 Å². The molecule has 2 atom stereocenters. The van der Waals surface area contributed by atoms with E-state index in [2.05, 4.69) is 57.1 Å². The Bertz CT molecular complexity index is 782. The maximum Gasteiger partial charge on any atom is 0.308 e. The van der Waals surface area contributed by atoms with Crippen LogP contribution in [0.5, 0.6) is 0 Å². The Morgan fingerprint density at radius 1 is 0.404 bits per heavy atom. The summed E-state index contributed by atoms with van der Waals surface area (Å²) in [5.74, 6) is 0.317. The Hall–Kier alpha value is -1.18. The first kappa shape index (κ1) is 55.8. The molecule has 0 radical (unpaired) electrons. The number of rotatable bonds is 46. The van der Waals surface area contributed by atoms with Gasteiger partial charge in [0.25, 0.3) is 0 Å². The van der Waals surface area contributed by atoms with Gasteiger partial charge in [0.1, 0.15) is 0 Å². The Morgan fingerprint density at radius 3 is 1.11 bits per heavy atom. The molecule has 0 rings (SSSR count). The maximum atomic E-state index is 13.0. The molecular formula is C50H101N3O4. The number of hydrogen-bond donors (Lipinski definition) is 1. The number of carbonyl (C=O) groups excluding carboxylic acids is 2. The van der Waals surface area contributed by atoms with Crippen molar-refractivity contribution in [2.24, 2.45) is 11.8 Å². The molecule has 0 aromatic carbocycles. The summed E-state index contributed by atoms with van der Waals surface area (Å²) in [6.07, 6.45) is 40.2. The van der Waals surface area contributed by atoms with Crippen molar-refractivity contribution in [1.82, 2.24) is 15.3 Å². The second kappa shape index (κ2) is 44.4. The topological polar surface area (TPSA) is 71.1 Å². The minimum absolute atomic E-state index is 0.0633. The third-order valence-electron chi connectivity index (χ3n) is 11.8. The number of ether oxygens (including phenoxy) is 2. The van der Waals surface area contributed by atoms with E-state index in [1.807, 2.05) is 0 Å². The normalized spacial score (nSPS) is 12.8. The van der Waals surface area contributed by atoms with Gasteiger partial charge < -0.3 is 14.4 Å². The van der Waals surface area contributed by atoms with Crippen molar-refractivity contribution in [2.45, 2.75) is 246 Å². The monoisotopic (exact) mass is 808 g/mol. The van der Waals surface area contributed by atoms with Crippen molar-refractivity contribution >= 4 is 11.9 Å². The first-order valence-electron chi connectivity index (χ1n) is 25.4. The zero-order chi connectivity index (χ0) is 41.9. The molecular weight excluding hydrogens is 707 g/mol. The van der Waals surface area contributed by atoms with Crippen molar-refractivity contribution < 1.29 is 19.1 Å². The summed E-state index contributed by atoms with van der Waals surface area (Å²) in [4.78, 5) is 28.3. The van der Waals surface area contributed by atoms with E-state index in [0.717, 1.165) is 116 Å². The maximum absolute atomic E-state index is 13.0. The summed E-state index contributed by atoms with van der Waals surface area (Å²) < 4.78 is 11.7. The third-order valence-corrected chi connectivity index (χ3v) is 11.8. The summed E-state index contributed by atoms with van der Waals surface area (Å²) >= 11 is 0. The van der Waals surface area contributed by atoms with Crippen molar-refractivity contribution in [3.63, 3.8) is 0 Å². The van der Waals surface area contributed by atoms with Gasteiger partial charge in [-0.15, -0.1) is 0 Å². The number of hydrazine groups is 1. The highest BCUT2D eigenvalue weighted by Gasteiger charge is 2.20. The first-order valence-corrected chi connectivity index (χ1v) is 25.4. The molecule has 2 unspecified atom stereocenters. The molecule has 0 aliphatic carbocycles. The standard InChI is InChI=1S/C50H101N3O4/c1-7-11-15-19-21-29-39-47(37-27-17-13-9-3)49(54)56-45-35-25-23-32-43-53(51-41-31-34-42-52(5)6)44-33-24-26-36-46-57-50(55)48(38-28-18-14-10-4)40-30-22-20-16-12-8-2/h47-48,51H,7-46H2,1-6H3. The van der Waals surface area contributed by atoms with Crippen LogP contribution in [-0.2, 0) is 19.1 Å². The predicted molar refractivity (Wildman–Crippen MR) is 247 cm³/mol. The number of nitrogens with one attached hydrogen (secondary N) is 1. The average molecular weight is 808 g/mol. The van der Waals surface area contributed by atoms with Crippen LogP contribution in [0.3, 0.4) is 0 Å². The molecule has 0 aliphatic rings. The van der Waals surface area contributed by atoms with Gasteiger partial charge in [0.05, 0.1) is 25.0 Å². The molecule has 1 N–H and O–H groups in total. The SMILES string of the molecule is CCCCCCCCC(CCCCCC)C(=O)OCCCCCCN(CCCCCCOC(=O)C(CCCCCC)CCCCCCCC)NCCCCN(C)C. The molecule has 0 saturated carbocycles. The Balaban J connectivity index is 4.54. The van der Waals surface area contributed by atoms with Crippen LogP contribution in [0.4, 0.5) is 0 Å². The third kappa shape index (κ3) is 38.8. The van der Waals surface area contributed by atoms with Gasteiger partial charge in [-0.25, -0.2) is 5.01 Å². The molecule has 0 spiro atoms. The van der Waals surface area contributed by atoms with Gasteiger partial charge in [-0.05, 0) is 84.8 Å². The van der Waals surface area contributed by atoms with Gasteiger partial charge in [-0.3, -0.25) is 15.0 Å². The van der Waals surface area contributed by atoms with Crippen LogP contribution < -0.4 is 5.43 Å². The molecule has 0 heterocycles. The van der Waals surface area contributed by atoms with Gasteiger partial charge in [0, 0.05) is 19.6 Å². The molecule has 0 amide bonds. The fourth-order valence-electron chi connectivity index (χ4n) is 7.90. The number of hydrogen-bond acceptors (Lipinski definition) is 7. The second-order valence-electron chi connectivity index (χ2n) is 17.8. The number of nitrogens with zero attached hydrogens (tertiary/aromatic N) is 2. The molecule has 0 bridgehead atoms. The molecule has 7 heteroatoms. The summed E-state index contributed by atoms with van der Waals surface area (Å²) in [5.41, 5.74) is 3.74. The van der Waals surface area contributed by atoms with Crippen LogP contribution in [0.2, 0.25) is 0 Å². The lowest BCUT2D eigenvalue weighted by atomic mass is 9.94. The largest absolute Gasteiger partial charge is 0.465 e. The van der Waals surface area contributed by atoms with E-state index in [-0.39, 0.29) is 23.8 Å². The fraction of sp³-hybridized carbons (Fsp3) is 0.960. The molecule has 7 nitrogen and oxygen atoms in total. The highest BCUT2D eigenvalue weighted by molar-refractivity contribution is 5.72. The van der Waals surface area contributed by atoms with Crippen LogP contribution in [-0.4, -0.2) is 75.3 Å². The number of esters is 2. The highest BCUT2D eigenvalue weighted by Crippen LogP contribution is 2.22. The van der Waals surface area contributed by atoms with E-state index in [1.54, 1.807) is 0 Å². The lowest BCUT2D eigenvalue weighted by Gasteiger charge is -2.24. The summed E-state index contributed by atoms with van der Waals surface area (Å²) in [5, 5.41) is 2.45. The second-order valence-corrected chi connectivity index (χ2v) is 17.8. The lowest BCUT2D eigenvalue weighted by Crippen LogP contribution is -2.40. The van der Waals surface area contributed by atoms with E-state index in [0.29, 0.717) is 13.2 Å². The minimum atomic E-state index is 0.0633. The van der Waals surface area contributed by atoms with Crippen LogP contribution in [0, 0.1) is 11.8 Å². The first-order chi connectivity index (χ1) is 27.9. The quantitative estimate of drug-likeness (QED) is 0.0373. The average Bonchev–Trinajstić information content (AvgIpc) is 3.20. The molecule has 0 fully saturated rings. The van der Waals surface area contributed by atoms with E-state index in [9.17, 15) is 9.59 Å². The molecule has 340 valence electrons. The van der Waals surface area contributed by atoms with Crippen molar-refractivity contribution in [2.75, 3.05) is 53.5 Å². The van der Waals surface area contributed by atoms with E-state index in [4.69, 9.17) is 9.47 Å². The lowest BCUT2D eigenvalue weighted by molar-refractivity contribution is -0.150. The Kier molecular flexibility index (Phi) is 43.5. The van der Waals surface area contributed by atoms with Gasteiger partial charge >= 0.3 is 11.9 Å². The predicted octanol–water partition coefficient (Wildman–Crippen LogP) is 14.0. The van der Waals surface area contributed by atoms with Crippen LogP contribution in [0.15, 0.2) is 0 Å². The molecule has 0 aromatic rings. The molecule has 0 aliphatic heterocycles. The van der Waals surface area contributed by atoms with Gasteiger partial charge in [0.15, 0.2) is 0 Å². The van der Waals surface area contributed by atoms with Gasteiger partial charge in [0.2, 0.25) is 0 Å². The number of unbranched alkanes of at least 4 members (excludes halogenated alkanes) is 23. The highest BCUT2D eigenvalue weighted by atomic mass is 16.5. The van der Waals surface area contributed by atoms with E-state index >= 15 is 0 Å². The molecule has 57 heavy (non-hydrogen) atoms. The van der Waals surface area contributed by atoms with E-state index in [1.165, 1.54) is 128 Å². The minimum Gasteiger partial charge on any atom is -0.465 e. The van der Waals surface area contributed by atoms with Crippen molar-refractivity contribution in [3.05, 3.63) is 0 Å². The van der Waals surface area contributed by atoms with Crippen LogP contribution in [0.1, 0.15) is 246 Å². The van der Waals surface area contributed by atoms with Crippen LogP contribution >= 0.6 is 0 Å². The zero-order valence-corrected chi connectivity index (χ0v) is 39.5. The van der Waals surface area contributed by atoms with Crippen LogP contribution in [0.25, 0.3) is 0 Å². The van der Waals surface area contributed by atoms with Crippen molar-refractivity contribution in [1.29, 1.82) is 0 Å². The molecule has 0 saturated heterocycles. The Morgan fingerprint density at radius 2 is 0.719 bits per heavy atom. The summed E-state index contributed by atoms with van der Waals surface area (Å²) in [7, 11) is 4.29. The summed E-state index contributed by atoms with van der Waals surface area (Å²) in [6.45, 7) is 14.4. The number of carbonyl (C=O) groups is 2. The smallest absolute Gasteiger partial charge is 0.308 e. The van der Waals surface area contributed by atoms with Gasteiger partial charge in [-0.1, -0.05) is 182 Å². The fourth-order valence-corrected chi connectivity index (χ4v) is 7.90. The van der Waals surface area contributed by atoms with E-state index < -0.39 is 0 Å². The molecule has 0 aromatic heterocycles. The zero-order valence-electron chi connectivity index (χ0n) is 39.5. The van der Waals surface area contributed by atoms with Crippen molar-refractivity contribution in [3.8, 4) is 0 Å². The van der Waals surface area contributed by atoms with Gasteiger partial charge in [-0.2, -0.15) is 0 Å². The summed E-state index contributed by atoms with van der Waals surface area (Å²) in [6, 6.07) is 0.